The van der Waals surface area contributed by atoms with Gasteiger partial charge in [-0.3, -0.25) is 13.9 Å². The summed E-state index contributed by atoms with van der Waals surface area (Å²) >= 11 is 0. The van der Waals surface area contributed by atoms with E-state index in [0.717, 1.165) is 29.9 Å². The monoisotopic (exact) mass is 864 g/mol. The second kappa shape index (κ2) is 15.1. The number of ether oxygens (including phenoxy) is 2. The lowest BCUT2D eigenvalue weighted by atomic mass is 9.52. The molecule has 0 heterocycles. The Morgan fingerprint density at radius 1 is 0.694 bits per heavy atom. The highest BCUT2D eigenvalue weighted by molar-refractivity contribution is 8.05. The number of hydrogen-bond donors (Lipinski definition) is 2. The third-order valence-corrected chi connectivity index (χ3v) is 16.7. The lowest BCUT2D eigenvalue weighted by Gasteiger charge is -2.50. The number of allylic oxidation sites excluding steroid dienone is 5. The Morgan fingerprint density at radius 3 is 1.79 bits per heavy atom. The van der Waals surface area contributed by atoms with E-state index in [-0.39, 0.29) is 23.0 Å². The first-order chi connectivity index (χ1) is 29.5. The zero-order valence-electron chi connectivity index (χ0n) is 34.5. The highest BCUT2D eigenvalue weighted by Crippen LogP contribution is 2.68. The van der Waals surface area contributed by atoms with Crippen LogP contribution >= 0.6 is 0 Å². The Morgan fingerprint density at radius 2 is 1.23 bits per heavy atom. The summed E-state index contributed by atoms with van der Waals surface area (Å²) in [5.74, 6) is 2.55. The molecular weight excluding hydrogens is 821 g/mol. The van der Waals surface area contributed by atoms with Gasteiger partial charge in [-0.05, 0) is 137 Å². The summed E-state index contributed by atoms with van der Waals surface area (Å²) in [6, 6.07) is 41.9. The zero-order valence-corrected chi connectivity index (χ0v) is 36.1. The molecule has 0 aromatic heterocycles. The molecule has 3 unspecified atom stereocenters. The smallest absolute Gasteiger partial charge is 0.287 e. The van der Waals surface area contributed by atoms with Gasteiger partial charge in [0.05, 0.1) is 7.11 Å². The van der Waals surface area contributed by atoms with Crippen LogP contribution in [0.15, 0.2) is 145 Å². The maximum Gasteiger partial charge on any atom is 0.287 e. The van der Waals surface area contributed by atoms with E-state index in [2.05, 4.69) is 97.1 Å². The Kier molecular flexibility index (Phi) is 10.0. The van der Waals surface area contributed by atoms with Gasteiger partial charge in [0.25, 0.3) is 20.2 Å². The van der Waals surface area contributed by atoms with E-state index < -0.39 is 24.3 Å². The average molecular weight is 865 g/mol. The van der Waals surface area contributed by atoms with Gasteiger partial charge in [0.2, 0.25) is 4.08 Å². The van der Waals surface area contributed by atoms with Crippen molar-refractivity contribution < 1.29 is 40.2 Å². The Hall–Kier alpha value is -6.11. The van der Waals surface area contributed by atoms with Crippen LogP contribution in [-0.4, -0.2) is 42.9 Å². The molecule has 0 saturated heterocycles. The fourth-order valence-electron chi connectivity index (χ4n) is 9.54. The molecule has 2 N–H and O–H groups in total. The minimum atomic E-state index is -4.80. The molecule has 0 aliphatic heterocycles. The summed E-state index contributed by atoms with van der Waals surface area (Å²) in [6.07, 6.45) is 11.8. The molecule has 0 spiro atoms. The molecule has 6 aromatic carbocycles. The molecule has 314 valence electrons. The van der Waals surface area contributed by atoms with Crippen molar-refractivity contribution in [2.45, 2.75) is 49.0 Å². The summed E-state index contributed by atoms with van der Waals surface area (Å²) in [5, 5.41) is 2.77. The van der Waals surface area contributed by atoms with Crippen molar-refractivity contribution in [1.82, 2.24) is 0 Å². The minimum Gasteiger partial charge on any atom is -0.497 e. The van der Waals surface area contributed by atoms with E-state index in [1.54, 1.807) is 7.11 Å². The lowest BCUT2D eigenvalue weighted by molar-refractivity contribution is 0.103. The number of hydrogen-bond acceptors (Lipinski definition) is 7. The van der Waals surface area contributed by atoms with Crippen LogP contribution in [0.25, 0.3) is 22.4 Å². The van der Waals surface area contributed by atoms with Gasteiger partial charge in [-0.2, -0.15) is 16.8 Å². The number of carbonyl (C=O) groups excluding carboxylic acids is 1. The first-order valence-electron chi connectivity index (χ1n) is 20.3. The number of methoxy groups -OCH3 is 1. The standard InChI is InChI=1S/C48H36O3.C3H8O6S2/c1-29-3-5-36(6-4-29)47(49)37-19-27-41(28-20-37)51-40-25-17-33(18-26-40)44(32-15-23-39(50-2)24-16-32)48-38-21-13-34-11-9-30-7-8-31-10-12-35(14-22-38)46(48)43(31)42(30)45(34)48;1-3(2,10(4,5)6)11(7,8)9/h3-9,11,13-28,38,44H,10,12H2,1-2H3;1-2H3,(H,4,5,6)(H,7,8,9). The summed E-state index contributed by atoms with van der Waals surface area (Å²) in [6.45, 7) is 3.38. The largest absolute Gasteiger partial charge is 0.497 e. The van der Waals surface area contributed by atoms with E-state index >= 15 is 0 Å². The molecule has 62 heavy (non-hydrogen) atoms. The van der Waals surface area contributed by atoms with Crippen molar-refractivity contribution in [2.75, 3.05) is 7.11 Å². The highest BCUT2D eigenvalue weighted by atomic mass is 32.3. The molecule has 6 aromatic rings. The molecular formula is C51H44O9S2. The summed E-state index contributed by atoms with van der Waals surface area (Å²) in [5.41, 5.74) is 13.4. The molecule has 0 amide bonds. The summed E-state index contributed by atoms with van der Waals surface area (Å²) < 4.78 is 67.3. The molecule has 0 fully saturated rings. The predicted molar refractivity (Wildman–Crippen MR) is 242 cm³/mol. The molecule has 0 saturated carbocycles. The highest BCUT2D eigenvalue weighted by Gasteiger charge is 2.58. The number of aryl methyl sites for hydroxylation is 2. The van der Waals surface area contributed by atoms with Crippen LogP contribution in [0.3, 0.4) is 0 Å². The van der Waals surface area contributed by atoms with E-state index in [9.17, 15) is 21.6 Å². The van der Waals surface area contributed by atoms with Gasteiger partial charge in [-0.1, -0.05) is 103 Å². The number of rotatable bonds is 10. The van der Waals surface area contributed by atoms with E-state index in [0.29, 0.717) is 30.7 Å². The average Bonchev–Trinajstić information content (AvgIpc) is 3.59. The molecule has 4 aliphatic rings. The second-order valence-electron chi connectivity index (χ2n) is 16.7. The SMILES string of the molecule is CC(C)(S(=O)(=O)O)S(=O)(=O)O.COc1ccc(C(c2ccc(Oc3ccc(C(=O)c4ccc(C)cc4)cc3)cc2)C23C4=C5C=CC2C=Cc2ccc6ccc(c4c6c23)CC5)cc1. The van der Waals surface area contributed by atoms with Gasteiger partial charge < -0.3 is 9.47 Å². The fraction of sp³-hybridized carbons (Fsp3) is 0.196. The van der Waals surface area contributed by atoms with Gasteiger partial charge in [0, 0.05) is 28.4 Å². The van der Waals surface area contributed by atoms with E-state index in [4.69, 9.17) is 18.6 Å². The van der Waals surface area contributed by atoms with Gasteiger partial charge in [0.1, 0.15) is 17.2 Å². The fourth-order valence-corrected chi connectivity index (χ4v) is 10.6. The second-order valence-corrected chi connectivity index (χ2v) is 20.9. The normalized spacial score (nSPS) is 18.6. The van der Waals surface area contributed by atoms with Crippen molar-refractivity contribution in [3.05, 3.63) is 195 Å². The van der Waals surface area contributed by atoms with Crippen molar-refractivity contribution in [3.63, 3.8) is 0 Å². The summed E-state index contributed by atoms with van der Waals surface area (Å²) in [4.78, 5) is 13.1. The number of benzene rings is 6. The third kappa shape index (κ3) is 6.62. The Balaban J connectivity index is 0.000000396. The van der Waals surface area contributed by atoms with Crippen LogP contribution in [0, 0.1) is 12.8 Å². The maximum absolute atomic E-state index is 13.1. The van der Waals surface area contributed by atoms with Crippen LogP contribution in [0.5, 0.6) is 17.2 Å². The quantitative estimate of drug-likeness (QED) is 0.102. The van der Waals surface area contributed by atoms with Gasteiger partial charge in [-0.15, -0.1) is 0 Å². The van der Waals surface area contributed by atoms with Crippen molar-refractivity contribution in [3.8, 4) is 17.2 Å². The van der Waals surface area contributed by atoms with Crippen molar-refractivity contribution in [1.29, 1.82) is 0 Å². The zero-order chi connectivity index (χ0) is 43.8. The van der Waals surface area contributed by atoms with Gasteiger partial charge >= 0.3 is 0 Å². The third-order valence-electron chi connectivity index (χ3n) is 12.9. The molecule has 3 atom stereocenters. The first kappa shape index (κ1) is 41.3. The van der Waals surface area contributed by atoms with Crippen LogP contribution < -0.4 is 9.47 Å². The van der Waals surface area contributed by atoms with Crippen LogP contribution in [-0.2, 0) is 32.1 Å². The Bertz CT molecular complexity index is 3070. The first-order valence-corrected chi connectivity index (χ1v) is 23.2. The summed E-state index contributed by atoms with van der Waals surface area (Å²) in [7, 11) is -7.87. The lowest BCUT2D eigenvalue weighted by Crippen LogP contribution is -2.43. The van der Waals surface area contributed by atoms with E-state index in [1.807, 2.05) is 55.5 Å². The van der Waals surface area contributed by atoms with Gasteiger partial charge in [-0.25, -0.2) is 0 Å². The topological polar surface area (TPSA) is 144 Å². The Labute approximate surface area is 361 Å². The van der Waals surface area contributed by atoms with Gasteiger partial charge in [0.15, 0.2) is 5.78 Å². The minimum absolute atomic E-state index is 0.00462. The molecule has 0 radical (unpaired) electrons. The number of ketones is 1. The van der Waals surface area contributed by atoms with Crippen LogP contribution in [0.4, 0.5) is 0 Å². The van der Waals surface area contributed by atoms with Crippen molar-refractivity contribution >= 4 is 48.4 Å². The van der Waals surface area contributed by atoms with Crippen LogP contribution in [0.2, 0.25) is 0 Å². The predicted octanol–water partition coefficient (Wildman–Crippen LogP) is 10.7. The van der Waals surface area contributed by atoms with Crippen molar-refractivity contribution in [2.24, 2.45) is 5.92 Å². The molecule has 10 rings (SSSR count). The van der Waals surface area contributed by atoms with Crippen LogP contribution in [0.1, 0.15) is 81.1 Å². The molecule has 4 aliphatic carbocycles. The number of carbonyl (C=O) groups is 1. The molecule has 0 bridgehead atoms. The molecule has 11 heteroatoms. The molecule has 9 nitrogen and oxygen atoms in total. The maximum atomic E-state index is 13.1. The van der Waals surface area contributed by atoms with E-state index in [1.165, 1.54) is 55.3 Å².